The van der Waals surface area contributed by atoms with Crippen LogP contribution < -0.4 is 0 Å². The van der Waals surface area contributed by atoms with E-state index in [-0.39, 0.29) is 23.3 Å². The largest absolute Gasteiger partial charge is 0.416 e. The van der Waals surface area contributed by atoms with Crippen LogP contribution in [0.2, 0.25) is 0 Å². The van der Waals surface area contributed by atoms with E-state index < -0.39 is 11.7 Å². The van der Waals surface area contributed by atoms with E-state index in [1.807, 2.05) is 6.92 Å². The summed E-state index contributed by atoms with van der Waals surface area (Å²) in [5, 5.41) is 0. The number of benzene rings is 1. The average molecular weight is 342 g/mol. The molecule has 1 aromatic rings. The number of hydrogen-bond donors (Lipinski definition) is 0. The highest BCUT2D eigenvalue weighted by atomic mass is 19.4. The van der Waals surface area contributed by atoms with Crippen LogP contribution in [0.15, 0.2) is 24.3 Å². The zero-order valence-electron chi connectivity index (χ0n) is 13.8. The van der Waals surface area contributed by atoms with Crippen molar-refractivity contribution in [2.75, 3.05) is 26.7 Å². The topological polar surface area (TPSA) is 40.6 Å². The van der Waals surface area contributed by atoms with E-state index in [4.69, 9.17) is 0 Å². The van der Waals surface area contributed by atoms with Crippen LogP contribution in [0.4, 0.5) is 13.2 Å². The zero-order valence-corrected chi connectivity index (χ0v) is 13.8. The Morgan fingerprint density at radius 1 is 1.17 bits per heavy atom. The molecule has 0 N–H and O–H groups in total. The van der Waals surface area contributed by atoms with Crippen molar-refractivity contribution in [1.82, 2.24) is 9.80 Å². The summed E-state index contributed by atoms with van der Waals surface area (Å²) in [5.41, 5.74) is -0.538. The molecule has 1 fully saturated rings. The molecule has 1 aliphatic rings. The van der Waals surface area contributed by atoms with Crippen molar-refractivity contribution in [2.45, 2.75) is 25.9 Å². The van der Waals surface area contributed by atoms with Gasteiger partial charge < -0.3 is 9.80 Å². The molecular weight excluding hydrogens is 321 g/mol. The van der Waals surface area contributed by atoms with Crippen molar-refractivity contribution in [3.63, 3.8) is 0 Å². The van der Waals surface area contributed by atoms with Gasteiger partial charge in [0, 0.05) is 38.2 Å². The predicted octanol–water partition coefficient (Wildman–Crippen LogP) is 3.04. The summed E-state index contributed by atoms with van der Waals surface area (Å²) in [7, 11) is 1.75. The second-order valence-corrected chi connectivity index (χ2v) is 5.99. The molecule has 24 heavy (non-hydrogen) atoms. The van der Waals surface area contributed by atoms with Gasteiger partial charge in [-0.1, -0.05) is 0 Å². The summed E-state index contributed by atoms with van der Waals surface area (Å²) in [6.45, 7) is 3.42. The summed E-state index contributed by atoms with van der Waals surface area (Å²) in [6.07, 6.45) is -3.25. The normalized spacial score (nSPS) is 16.1. The highest BCUT2D eigenvalue weighted by molar-refractivity contribution is 5.94. The van der Waals surface area contributed by atoms with Crippen molar-refractivity contribution in [3.05, 3.63) is 35.4 Å². The fourth-order valence-electron chi connectivity index (χ4n) is 2.78. The lowest BCUT2D eigenvalue weighted by molar-refractivity contribution is -0.137. The summed E-state index contributed by atoms with van der Waals surface area (Å²) in [5.74, 6) is -0.302. The van der Waals surface area contributed by atoms with Crippen LogP contribution in [-0.2, 0) is 11.0 Å². The van der Waals surface area contributed by atoms with Crippen LogP contribution in [0.5, 0.6) is 0 Å². The summed E-state index contributed by atoms with van der Waals surface area (Å²) in [4.78, 5) is 27.8. The van der Waals surface area contributed by atoms with Gasteiger partial charge in [-0.05, 0) is 44.0 Å². The van der Waals surface area contributed by atoms with Gasteiger partial charge in [0.25, 0.3) is 5.91 Å². The molecule has 0 aromatic heterocycles. The molecule has 1 saturated heterocycles. The smallest absolute Gasteiger partial charge is 0.346 e. The fraction of sp³-hybridized carbons (Fsp3) is 0.529. The van der Waals surface area contributed by atoms with E-state index in [1.165, 1.54) is 12.1 Å². The molecule has 0 spiro atoms. The second kappa shape index (κ2) is 7.23. The van der Waals surface area contributed by atoms with Crippen LogP contribution >= 0.6 is 0 Å². The zero-order chi connectivity index (χ0) is 17.9. The molecule has 132 valence electrons. The molecule has 2 amide bonds. The van der Waals surface area contributed by atoms with E-state index in [0.717, 1.165) is 12.1 Å². The van der Waals surface area contributed by atoms with Crippen molar-refractivity contribution in [1.29, 1.82) is 0 Å². The van der Waals surface area contributed by atoms with Gasteiger partial charge in [-0.3, -0.25) is 9.59 Å². The Bertz CT molecular complexity index is 591. The highest BCUT2D eigenvalue weighted by Gasteiger charge is 2.31. The van der Waals surface area contributed by atoms with Crippen LogP contribution in [0.3, 0.4) is 0 Å². The van der Waals surface area contributed by atoms with Crippen molar-refractivity contribution in [3.8, 4) is 0 Å². The van der Waals surface area contributed by atoms with E-state index in [9.17, 15) is 22.8 Å². The maximum atomic E-state index is 12.6. The molecule has 7 heteroatoms. The second-order valence-electron chi connectivity index (χ2n) is 5.99. The Morgan fingerprint density at radius 3 is 2.17 bits per heavy atom. The number of piperidine rings is 1. The molecular formula is C17H21F3N2O2. The Morgan fingerprint density at radius 2 is 1.71 bits per heavy atom. The Hall–Kier alpha value is -2.05. The third-order valence-electron chi connectivity index (χ3n) is 4.44. The van der Waals surface area contributed by atoms with Gasteiger partial charge in [0.1, 0.15) is 0 Å². The third-order valence-corrected chi connectivity index (χ3v) is 4.44. The maximum Gasteiger partial charge on any atom is 0.416 e. The molecule has 0 aliphatic carbocycles. The molecule has 0 bridgehead atoms. The molecule has 2 rings (SSSR count). The lowest BCUT2D eigenvalue weighted by atomic mass is 9.95. The lowest BCUT2D eigenvalue weighted by Crippen LogP contribution is -2.43. The first kappa shape index (κ1) is 18.3. The number of likely N-dealkylation sites (tertiary alicyclic amines) is 1. The van der Waals surface area contributed by atoms with Gasteiger partial charge in [0.2, 0.25) is 5.91 Å². The molecule has 1 aromatic carbocycles. The molecule has 4 nitrogen and oxygen atoms in total. The fourth-order valence-corrected chi connectivity index (χ4v) is 2.78. The van der Waals surface area contributed by atoms with Gasteiger partial charge in [-0.2, -0.15) is 13.2 Å². The molecule has 0 unspecified atom stereocenters. The van der Waals surface area contributed by atoms with E-state index in [1.54, 1.807) is 16.8 Å². The molecule has 0 atom stereocenters. The van der Waals surface area contributed by atoms with Gasteiger partial charge in [0.05, 0.1) is 5.56 Å². The minimum atomic E-state index is -4.41. The number of carbonyl (C=O) groups is 2. The highest BCUT2D eigenvalue weighted by Crippen LogP contribution is 2.29. The van der Waals surface area contributed by atoms with Gasteiger partial charge in [-0.15, -0.1) is 0 Å². The van der Waals surface area contributed by atoms with Gasteiger partial charge in [-0.25, -0.2) is 0 Å². The van der Waals surface area contributed by atoms with Crippen LogP contribution in [0.1, 0.15) is 35.7 Å². The predicted molar refractivity (Wildman–Crippen MR) is 83.4 cm³/mol. The Kier molecular flexibility index (Phi) is 5.51. The van der Waals surface area contributed by atoms with Crippen LogP contribution in [-0.4, -0.2) is 48.3 Å². The first-order valence-corrected chi connectivity index (χ1v) is 7.95. The molecule has 0 saturated carbocycles. The minimum absolute atomic E-state index is 0.0825. The van der Waals surface area contributed by atoms with Crippen molar-refractivity contribution >= 4 is 11.8 Å². The van der Waals surface area contributed by atoms with E-state index >= 15 is 0 Å². The Labute approximate surface area is 139 Å². The summed E-state index contributed by atoms with van der Waals surface area (Å²) >= 11 is 0. The van der Waals surface area contributed by atoms with E-state index in [2.05, 4.69) is 0 Å². The summed E-state index contributed by atoms with van der Waals surface area (Å²) in [6, 6.07) is 4.24. The van der Waals surface area contributed by atoms with Crippen molar-refractivity contribution < 1.29 is 22.8 Å². The first-order valence-electron chi connectivity index (χ1n) is 7.95. The number of rotatable bonds is 3. The SMILES string of the molecule is CCN(C)C(=O)C1CCN(C(=O)c2ccc(C(F)(F)F)cc2)CC1. The van der Waals surface area contributed by atoms with Crippen molar-refractivity contribution in [2.24, 2.45) is 5.92 Å². The van der Waals surface area contributed by atoms with Gasteiger partial charge >= 0.3 is 6.18 Å². The number of nitrogens with zero attached hydrogens (tertiary/aromatic N) is 2. The number of halogens is 3. The Balaban J connectivity index is 1.97. The van der Waals surface area contributed by atoms with E-state index in [0.29, 0.717) is 32.5 Å². The molecule has 0 radical (unpaired) electrons. The summed E-state index contributed by atoms with van der Waals surface area (Å²) < 4.78 is 37.7. The molecule has 1 heterocycles. The third kappa shape index (κ3) is 4.07. The number of carbonyl (C=O) groups excluding carboxylic acids is 2. The lowest BCUT2D eigenvalue weighted by Gasteiger charge is -2.33. The maximum absolute atomic E-state index is 12.6. The number of hydrogen-bond acceptors (Lipinski definition) is 2. The van der Waals surface area contributed by atoms with Crippen LogP contribution in [0, 0.1) is 5.92 Å². The number of amides is 2. The minimum Gasteiger partial charge on any atom is -0.346 e. The first-order chi connectivity index (χ1) is 11.2. The molecule has 1 aliphatic heterocycles. The monoisotopic (exact) mass is 342 g/mol. The standard InChI is InChI=1S/C17H21F3N2O2/c1-3-21(2)15(23)13-8-10-22(11-9-13)16(24)12-4-6-14(7-5-12)17(18,19)20/h4-7,13H,3,8-11H2,1-2H3. The quantitative estimate of drug-likeness (QED) is 0.847. The van der Waals surface area contributed by atoms with Gasteiger partial charge in [0.15, 0.2) is 0 Å². The average Bonchev–Trinajstić information content (AvgIpc) is 2.59. The van der Waals surface area contributed by atoms with Crippen LogP contribution in [0.25, 0.3) is 0 Å². The number of alkyl halides is 3.